The second kappa shape index (κ2) is 7.11. The van der Waals surface area contributed by atoms with Gasteiger partial charge in [-0.2, -0.15) is 0 Å². The fourth-order valence-electron chi connectivity index (χ4n) is 3.36. The average Bonchev–Trinajstić information content (AvgIpc) is 3.07. The van der Waals surface area contributed by atoms with Gasteiger partial charge in [0.15, 0.2) is 15.0 Å². The Morgan fingerprint density at radius 1 is 1.26 bits per heavy atom. The van der Waals surface area contributed by atoms with Crippen LogP contribution in [0.15, 0.2) is 47.5 Å². The number of nitrogens with zero attached hydrogens (tertiary/aromatic N) is 2. The monoisotopic (exact) mass is 424 g/mol. The molecule has 27 heavy (non-hydrogen) atoms. The normalized spacial score (nSPS) is 23.1. The third-order valence-corrected chi connectivity index (χ3v) is 8.29. The van der Waals surface area contributed by atoms with Gasteiger partial charge in [-0.05, 0) is 42.3 Å². The molecule has 0 N–H and O–H groups in total. The number of hydrogen-bond donors (Lipinski definition) is 0. The molecule has 142 valence electrons. The Balaban J connectivity index is 1.69. The van der Waals surface area contributed by atoms with E-state index in [9.17, 15) is 12.8 Å². The van der Waals surface area contributed by atoms with Crippen LogP contribution in [-0.4, -0.2) is 36.4 Å². The highest BCUT2D eigenvalue weighted by Crippen LogP contribution is 2.38. The van der Waals surface area contributed by atoms with Crippen molar-refractivity contribution in [2.75, 3.05) is 16.4 Å². The van der Waals surface area contributed by atoms with Crippen molar-refractivity contribution in [3.63, 3.8) is 0 Å². The van der Waals surface area contributed by atoms with Crippen LogP contribution in [0.4, 0.5) is 10.1 Å². The maximum Gasteiger partial charge on any atom is 0.164 e. The van der Waals surface area contributed by atoms with E-state index in [1.54, 1.807) is 6.07 Å². The highest BCUT2D eigenvalue weighted by atomic mass is 35.5. The minimum absolute atomic E-state index is 0.0407. The van der Waals surface area contributed by atoms with Crippen molar-refractivity contribution in [1.29, 1.82) is 0 Å². The van der Waals surface area contributed by atoms with E-state index in [1.165, 1.54) is 23.9 Å². The van der Waals surface area contributed by atoms with Gasteiger partial charge in [-0.3, -0.25) is 4.99 Å². The molecule has 0 unspecified atom stereocenters. The molecule has 0 bridgehead atoms. The van der Waals surface area contributed by atoms with Crippen molar-refractivity contribution in [1.82, 2.24) is 0 Å². The van der Waals surface area contributed by atoms with Gasteiger partial charge in [-0.25, -0.2) is 12.8 Å². The maximum atomic E-state index is 13.4. The van der Waals surface area contributed by atoms with Crippen molar-refractivity contribution in [3.05, 3.63) is 64.4 Å². The predicted molar refractivity (Wildman–Crippen MR) is 110 cm³/mol. The van der Waals surface area contributed by atoms with Crippen molar-refractivity contribution in [2.24, 2.45) is 4.99 Å². The Kier molecular flexibility index (Phi) is 4.94. The SMILES string of the molecule is Cc1cccc(N(Cc2ccc(F)cc2Cl)C2=N[C@H]3CS(=O)(=O)C[C@H]3S2)c1. The lowest BCUT2D eigenvalue weighted by atomic mass is 10.1. The molecule has 4 rings (SSSR count). The Morgan fingerprint density at radius 3 is 2.78 bits per heavy atom. The van der Waals surface area contributed by atoms with Gasteiger partial charge in [0.1, 0.15) is 5.82 Å². The molecule has 2 heterocycles. The number of rotatable bonds is 3. The Labute approximate surface area is 167 Å². The quantitative estimate of drug-likeness (QED) is 0.745. The fraction of sp³-hybridized carbons (Fsp3) is 0.316. The summed E-state index contributed by atoms with van der Waals surface area (Å²) < 4.78 is 37.1. The lowest BCUT2D eigenvalue weighted by Crippen LogP contribution is -2.28. The average molecular weight is 425 g/mol. The molecule has 2 aliphatic heterocycles. The van der Waals surface area contributed by atoms with Crippen molar-refractivity contribution in [2.45, 2.75) is 24.8 Å². The summed E-state index contributed by atoms with van der Waals surface area (Å²) in [5.41, 5.74) is 2.84. The van der Waals surface area contributed by atoms with Crippen LogP contribution < -0.4 is 4.90 Å². The second-order valence-corrected chi connectivity index (χ2v) is 10.6. The number of fused-ring (bicyclic) bond motifs is 1. The van der Waals surface area contributed by atoms with Gasteiger partial charge in [-0.1, -0.05) is 41.6 Å². The highest BCUT2D eigenvalue weighted by molar-refractivity contribution is 8.15. The molecule has 2 aliphatic rings. The standard InChI is InChI=1S/C19H18ClFN2O2S2/c1-12-3-2-4-15(7-12)23(9-13-5-6-14(21)8-16(13)20)19-22-17-10-27(24,25)11-18(17)26-19/h2-8,17-18H,9-11H2,1H3/t17-,18+/m0/s1. The van der Waals surface area contributed by atoms with Crippen molar-refractivity contribution >= 4 is 44.1 Å². The molecular weight excluding hydrogens is 407 g/mol. The number of amidine groups is 1. The smallest absolute Gasteiger partial charge is 0.164 e. The van der Waals surface area contributed by atoms with Crippen LogP contribution in [-0.2, 0) is 16.4 Å². The van der Waals surface area contributed by atoms with E-state index in [0.717, 1.165) is 22.0 Å². The van der Waals surface area contributed by atoms with Crippen molar-refractivity contribution in [3.8, 4) is 0 Å². The van der Waals surface area contributed by atoms with E-state index >= 15 is 0 Å². The van der Waals surface area contributed by atoms with Gasteiger partial charge in [-0.15, -0.1) is 0 Å². The molecule has 8 heteroatoms. The van der Waals surface area contributed by atoms with Crippen LogP contribution in [0.25, 0.3) is 0 Å². The molecule has 0 aliphatic carbocycles. The first-order chi connectivity index (χ1) is 12.8. The van der Waals surface area contributed by atoms with Crippen molar-refractivity contribution < 1.29 is 12.8 Å². The minimum atomic E-state index is -3.01. The molecule has 2 aromatic rings. The van der Waals surface area contributed by atoms with Crippen LogP contribution in [0, 0.1) is 12.7 Å². The summed E-state index contributed by atoms with van der Waals surface area (Å²) in [7, 11) is -3.01. The first kappa shape index (κ1) is 18.8. The van der Waals surface area contributed by atoms with E-state index in [1.807, 2.05) is 36.1 Å². The van der Waals surface area contributed by atoms with E-state index in [2.05, 4.69) is 0 Å². The molecule has 1 saturated heterocycles. The number of benzene rings is 2. The Hall–Kier alpha value is -1.57. The van der Waals surface area contributed by atoms with Crippen LogP contribution in [0.2, 0.25) is 5.02 Å². The second-order valence-electron chi connectivity index (χ2n) is 6.87. The summed E-state index contributed by atoms with van der Waals surface area (Å²) in [6.07, 6.45) is 0. The minimum Gasteiger partial charge on any atom is -0.317 e. The van der Waals surface area contributed by atoms with E-state index in [-0.39, 0.29) is 28.6 Å². The van der Waals surface area contributed by atoms with Gasteiger partial charge in [0.25, 0.3) is 0 Å². The molecule has 1 fully saturated rings. The zero-order chi connectivity index (χ0) is 19.2. The third-order valence-electron chi connectivity index (χ3n) is 4.69. The Morgan fingerprint density at radius 2 is 2.07 bits per heavy atom. The molecule has 0 radical (unpaired) electrons. The number of aryl methyl sites for hydroxylation is 1. The maximum absolute atomic E-state index is 13.4. The van der Waals surface area contributed by atoms with Crippen LogP contribution in [0.5, 0.6) is 0 Å². The molecule has 4 nitrogen and oxygen atoms in total. The van der Waals surface area contributed by atoms with Crippen LogP contribution in [0.1, 0.15) is 11.1 Å². The number of hydrogen-bond acceptors (Lipinski definition) is 5. The van der Waals surface area contributed by atoms with Crippen LogP contribution in [0.3, 0.4) is 0 Å². The predicted octanol–water partition coefficient (Wildman–Crippen LogP) is 4.06. The van der Waals surface area contributed by atoms with Gasteiger partial charge < -0.3 is 4.90 Å². The zero-order valence-electron chi connectivity index (χ0n) is 14.6. The molecule has 0 aromatic heterocycles. The number of aliphatic imine (C=N–C) groups is 1. The summed E-state index contributed by atoms with van der Waals surface area (Å²) in [5.74, 6) is -0.111. The summed E-state index contributed by atoms with van der Waals surface area (Å²) in [5, 5.41) is 1.10. The lowest BCUT2D eigenvalue weighted by molar-refractivity contribution is 0.601. The Bertz CT molecular complexity index is 1030. The van der Waals surface area contributed by atoms with Gasteiger partial charge in [0.2, 0.25) is 0 Å². The zero-order valence-corrected chi connectivity index (χ0v) is 17.0. The van der Waals surface area contributed by atoms with Gasteiger partial charge in [0, 0.05) is 16.0 Å². The van der Waals surface area contributed by atoms with E-state index in [0.29, 0.717) is 11.6 Å². The topological polar surface area (TPSA) is 49.7 Å². The van der Waals surface area contributed by atoms with E-state index in [4.69, 9.17) is 16.6 Å². The molecule has 2 atom stereocenters. The van der Waals surface area contributed by atoms with Gasteiger partial charge >= 0.3 is 0 Å². The molecule has 2 aromatic carbocycles. The molecule has 0 amide bonds. The third kappa shape index (κ3) is 4.00. The molecule has 0 saturated carbocycles. The first-order valence-electron chi connectivity index (χ1n) is 8.54. The van der Waals surface area contributed by atoms with E-state index < -0.39 is 9.84 Å². The molecular formula is C19H18ClFN2O2S2. The number of thioether (sulfide) groups is 1. The number of sulfone groups is 1. The largest absolute Gasteiger partial charge is 0.317 e. The molecule has 0 spiro atoms. The van der Waals surface area contributed by atoms with Gasteiger partial charge in [0.05, 0.1) is 24.1 Å². The summed E-state index contributed by atoms with van der Waals surface area (Å²) in [6, 6.07) is 12.2. The summed E-state index contributed by atoms with van der Waals surface area (Å²) in [4.78, 5) is 6.73. The highest BCUT2D eigenvalue weighted by Gasteiger charge is 2.44. The fourth-order valence-corrected chi connectivity index (χ4v) is 7.36. The van der Waals surface area contributed by atoms with Crippen LogP contribution >= 0.6 is 23.4 Å². The number of halogens is 2. The first-order valence-corrected chi connectivity index (χ1v) is 11.6. The lowest BCUT2D eigenvalue weighted by Gasteiger charge is -2.25. The summed E-state index contributed by atoms with van der Waals surface area (Å²) >= 11 is 7.74. The summed E-state index contributed by atoms with van der Waals surface area (Å²) in [6.45, 7) is 2.44. The number of anilines is 1.